The molecule has 0 bridgehead atoms. The molecule has 0 saturated carbocycles. The molecule has 11 heteroatoms. The summed E-state index contributed by atoms with van der Waals surface area (Å²) in [5.74, 6) is 0.694. The summed E-state index contributed by atoms with van der Waals surface area (Å²) in [5.41, 5.74) is 2.02. The van der Waals surface area contributed by atoms with Crippen molar-refractivity contribution >= 4 is 38.9 Å². The molecule has 1 fully saturated rings. The molecule has 230 valence electrons. The van der Waals surface area contributed by atoms with Crippen LogP contribution in [0, 0.1) is 11.8 Å². The quantitative estimate of drug-likeness (QED) is 0.209. The summed E-state index contributed by atoms with van der Waals surface area (Å²) in [6, 6.07) is 7.19. The lowest BCUT2D eigenvalue weighted by Crippen LogP contribution is -2.28. The van der Waals surface area contributed by atoms with E-state index in [2.05, 4.69) is 20.3 Å². The zero-order valence-corrected chi connectivity index (χ0v) is 27.1. The van der Waals surface area contributed by atoms with Crippen molar-refractivity contribution in [3.05, 3.63) is 64.7 Å². The van der Waals surface area contributed by atoms with Crippen molar-refractivity contribution in [3.63, 3.8) is 0 Å². The molecular formula is C31H43ClN4O5S. The molecule has 1 saturated heterocycles. The number of rotatable bonds is 11. The second-order valence-electron chi connectivity index (χ2n) is 11.7. The second-order valence-corrected chi connectivity index (χ2v) is 13.8. The van der Waals surface area contributed by atoms with Gasteiger partial charge in [-0.15, -0.1) is 0 Å². The maximum atomic E-state index is 13.4. The number of halogens is 1. The van der Waals surface area contributed by atoms with Crippen LogP contribution in [0.25, 0.3) is 0 Å². The third kappa shape index (κ3) is 9.74. The molecule has 1 aromatic carbocycles. The standard InChI is InChI=1S/C31H43ClN4O5S/c1-8-25(32)28(41-24-11-14-34-23(19-24)16-21-9-12-33-13-10-21)15-20(2)30(37)35-26-17-22(31(3,4)5)18-27(29(26)40-6)36-42(7,38)39/h8,11,14-15,17-21,33,36H,9-10,12-13,16H2,1-7H3,(H,35,37). The Kier molecular flexibility index (Phi) is 11.5. The predicted molar refractivity (Wildman–Crippen MR) is 170 cm³/mol. The fourth-order valence-corrected chi connectivity index (χ4v) is 5.30. The summed E-state index contributed by atoms with van der Waals surface area (Å²) in [4.78, 5) is 18.0. The Balaban J connectivity index is 1.87. The number of methoxy groups -OCH3 is 1. The monoisotopic (exact) mass is 618 g/mol. The highest BCUT2D eigenvalue weighted by molar-refractivity contribution is 7.92. The van der Waals surface area contributed by atoms with Crippen LogP contribution in [0.2, 0.25) is 0 Å². The summed E-state index contributed by atoms with van der Waals surface area (Å²) < 4.78 is 38.3. The van der Waals surface area contributed by atoms with Gasteiger partial charge in [0.15, 0.2) is 5.75 Å². The van der Waals surface area contributed by atoms with Crippen molar-refractivity contribution < 1.29 is 22.7 Å². The van der Waals surface area contributed by atoms with Gasteiger partial charge in [-0.1, -0.05) is 38.4 Å². The number of amides is 1. The van der Waals surface area contributed by atoms with Gasteiger partial charge in [0, 0.05) is 18.0 Å². The first-order valence-corrected chi connectivity index (χ1v) is 16.4. The number of anilines is 2. The normalized spacial score (nSPS) is 16.1. The van der Waals surface area contributed by atoms with E-state index in [-0.39, 0.29) is 22.8 Å². The summed E-state index contributed by atoms with van der Waals surface area (Å²) in [7, 11) is -2.18. The van der Waals surface area contributed by atoms with Crippen LogP contribution in [0.4, 0.5) is 11.4 Å². The Morgan fingerprint density at radius 1 is 1.21 bits per heavy atom. The number of sulfonamides is 1. The number of benzene rings is 1. The van der Waals surface area contributed by atoms with Gasteiger partial charge in [0.2, 0.25) is 15.9 Å². The highest BCUT2D eigenvalue weighted by atomic mass is 35.5. The predicted octanol–water partition coefficient (Wildman–Crippen LogP) is 5.98. The Morgan fingerprint density at radius 2 is 1.88 bits per heavy atom. The van der Waals surface area contributed by atoms with Crippen molar-refractivity contribution in [2.75, 3.05) is 36.5 Å². The van der Waals surface area contributed by atoms with Crippen LogP contribution < -0.4 is 24.8 Å². The van der Waals surface area contributed by atoms with E-state index in [4.69, 9.17) is 21.1 Å². The van der Waals surface area contributed by atoms with Crippen molar-refractivity contribution in [3.8, 4) is 11.5 Å². The smallest absolute Gasteiger partial charge is 0.231 e. The Hall–Kier alpha value is -3.08. The highest BCUT2D eigenvalue weighted by Crippen LogP contribution is 2.39. The van der Waals surface area contributed by atoms with Crippen LogP contribution in [0.5, 0.6) is 11.5 Å². The summed E-state index contributed by atoms with van der Waals surface area (Å²) in [5, 5.41) is 6.65. The summed E-state index contributed by atoms with van der Waals surface area (Å²) >= 11 is 6.51. The summed E-state index contributed by atoms with van der Waals surface area (Å²) in [6.45, 7) is 11.5. The van der Waals surface area contributed by atoms with Crippen LogP contribution in [-0.4, -0.2) is 45.8 Å². The van der Waals surface area contributed by atoms with E-state index in [0.29, 0.717) is 28.1 Å². The van der Waals surface area contributed by atoms with Gasteiger partial charge in [-0.25, -0.2) is 8.42 Å². The molecule has 1 unspecified atom stereocenters. The molecule has 1 atom stereocenters. The highest BCUT2D eigenvalue weighted by Gasteiger charge is 2.24. The van der Waals surface area contributed by atoms with Gasteiger partial charge in [-0.05, 0) is 87.4 Å². The average Bonchev–Trinajstić information content (AvgIpc) is 2.91. The minimum atomic E-state index is -3.60. The van der Waals surface area contributed by atoms with Crippen LogP contribution in [-0.2, 0) is 26.7 Å². The fraction of sp³-hybridized carbons (Fsp3) is 0.484. The lowest BCUT2D eigenvalue weighted by atomic mass is 9.86. The van der Waals surface area contributed by atoms with Gasteiger partial charge < -0.3 is 20.1 Å². The number of nitrogens with one attached hydrogen (secondary N) is 3. The number of carbonyl (C=O) groups is 1. The van der Waals surface area contributed by atoms with E-state index in [1.165, 1.54) is 7.11 Å². The van der Waals surface area contributed by atoms with E-state index in [0.717, 1.165) is 49.9 Å². The minimum absolute atomic E-state index is 0.207. The molecule has 1 aliphatic rings. The molecule has 0 spiro atoms. The molecular weight excluding hydrogens is 576 g/mol. The summed E-state index contributed by atoms with van der Waals surface area (Å²) in [6.07, 6.45) is 9.25. The zero-order chi connectivity index (χ0) is 31.1. The maximum Gasteiger partial charge on any atom is 0.231 e. The van der Waals surface area contributed by atoms with Crippen molar-refractivity contribution in [2.45, 2.75) is 59.3 Å². The largest absolute Gasteiger partial charge is 0.492 e. The van der Waals surface area contributed by atoms with Crippen molar-refractivity contribution in [1.29, 1.82) is 0 Å². The van der Waals surface area contributed by atoms with Crippen LogP contribution in [0.15, 0.2) is 53.4 Å². The van der Waals surface area contributed by atoms with Gasteiger partial charge in [0.25, 0.3) is 0 Å². The number of carbonyl (C=O) groups excluding carboxylic acids is 1. The Bertz CT molecular complexity index is 1430. The molecule has 0 aliphatic carbocycles. The number of hydrogen-bond acceptors (Lipinski definition) is 7. The number of piperidine rings is 1. The molecule has 2 heterocycles. The lowest BCUT2D eigenvalue weighted by molar-refractivity contribution is -0.118. The molecule has 2 aromatic rings. The number of nitrogens with zero attached hydrogens (tertiary/aromatic N) is 1. The SMILES string of the molecule is CC=C(Cl)C(=CC(C)C(=O)Nc1cc(C(C)(C)C)cc(NS(C)(=O)=O)c1OC)Oc1ccnc(CC2CCNCC2)c1. The number of pyridine rings is 1. The topological polar surface area (TPSA) is 119 Å². The first-order valence-electron chi connectivity index (χ1n) is 14.1. The van der Waals surface area contributed by atoms with Gasteiger partial charge in [-0.2, -0.15) is 0 Å². The van der Waals surface area contributed by atoms with Gasteiger partial charge in [0.05, 0.1) is 35.7 Å². The van der Waals surface area contributed by atoms with Gasteiger partial charge >= 0.3 is 0 Å². The van der Waals surface area contributed by atoms with Crippen LogP contribution in [0.3, 0.4) is 0 Å². The van der Waals surface area contributed by atoms with E-state index < -0.39 is 15.9 Å². The van der Waals surface area contributed by atoms with E-state index in [9.17, 15) is 13.2 Å². The van der Waals surface area contributed by atoms with Crippen LogP contribution >= 0.6 is 11.6 Å². The fourth-order valence-electron chi connectivity index (χ4n) is 4.64. The Labute approximate surface area is 255 Å². The van der Waals surface area contributed by atoms with Gasteiger partial charge in [-0.3, -0.25) is 14.5 Å². The number of ether oxygens (including phenoxy) is 2. The minimum Gasteiger partial charge on any atom is -0.492 e. The van der Waals surface area contributed by atoms with Crippen molar-refractivity contribution in [2.24, 2.45) is 11.8 Å². The first kappa shape index (κ1) is 33.4. The van der Waals surface area contributed by atoms with E-state index >= 15 is 0 Å². The van der Waals surface area contributed by atoms with Gasteiger partial charge in [0.1, 0.15) is 11.5 Å². The number of allylic oxidation sites excluding steroid dienone is 2. The van der Waals surface area contributed by atoms with Crippen LogP contribution in [0.1, 0.15) is 58.7 Å². The number of aromatic nitrogens is 1. The Morgan fingerprint density at radius 3 is 2.48 bits per heavy atom. The lowest BCUT2D eigenvalue weighted by Gasteiger charge is -2.24. The third-order valence-electron chi connectivity index (χ3n) is 6.99. The molecule has 3 N–H and O–H groups in total. The maximum absolute atomic E-state index is 13.4. The molecule has 9 nitrogen and oxygen atoms in total. The molecule has 0 radical (unpaired) electrons. The number of hydrogen-bond donors (Lipinski definition) is 3. The van der Waals surface area contributed by atoms with Crippen molar-refractivity contribution in [1.82, 2.24) is 10.3 Å². The van der Waals surface area contributed by atoms with E-state index in [1.54, 1.807) is 50.4 Å². The third-order valence-corrected chi connectivity index (χ3v) is 7.98. The zero-order valence-electron chi connectivity index (χ0n) is 25.5. The molecule has 1 aliphatic heterocycles. The molecule has 42 heavy (non-hydrogen) atoms. The molecule has 1 amide bonds. The molecule has 3 rings (SSSR count). The van der Waals surface area contributed by atoms with E-state index in [1.807, 2.05) is 26.8 Å². The second kappa shape index (κ2) is 14.4. The average molecular weight is 619 g/mol. The molecule has 1 aromatic heterocycles. The first-order chi connectivity index (χ1) is 19.7.